The molecule has 200 valence electrons. The molecule has 0 aliphatic rings. The number of carbonyl (C=O) groups excluding carboxylic acids is 2. The molecule has 0 aliphatic heterocycles. The van der Waals surface area contributed by atoms with E-state index in [0.29, 0.717) is 40.1 Å². The SMILES string of the molecule is COc1ccc(C(=O)Oc2ccc(/C=N\NC(=O)c3cc(OC)c(OC)c(OC)c3)cc2OC)cc1OC. The number of hydrazone groups is 1. The van der Waals surface area contributed by atoms with Crippen molar-refractivity contribution in [2.75, 3.05) is 42.7 Å². The van der Waals surface area contributed by atoms with Crippen molar-refractivity contribution in [1.82, 2.24) is 5.43 Å². The van der Waals surface area contributed by atoms with Crippen LogP contribution in [0.1, 0.15) is 26.3 Å². The lowest BCUT2D eigenvalue weighted by atomic mass is 10.1. The molecule has 0 radical (unpaired) electrons. The van der Waals surface area contributed by atoms with E-state index in [1.165, 1.54) is 67.1 Å². The van der Waals surface area contributed by atoms with Gasteiger partial charge in [0.15, 0.2) is 34.5 Å². The summed E-state index contributed by atoms with van der Waals surface area (Å²) >= 11 is 0. The highest BCUT2D eigenvalue weighted by Crippen LogP contribution is 2.38. The van der Waals surface area contributed by atoms with Crippen molar-refractivity contribution >= 4 is 18.1 Å². The summed E-state index contributed by atoms with van der Waals surface area (Å²) in [4.78, 5) is 25.3. The Morgan fingerprint density at radius 2 is 1.18 bits per heavy atom. The van der Waals surface area contributed by atoms with Crippen molar-refractivity contribution in [2.24, 2.45) is 5.10 Å². The quantitative estimate of drug-likeness (QED) is 0.173. The minimum absolute atomic E-state index is 0.200. The number of amides is 1. The minimum Gasteiger partial charge on any atom is -0.493 e. The van der Waals surface area contributed by atoms with Crippen molar-refractivity contribution in [3.63, 3.8) is 0 Å². The van der Waals surface area contributed by atoms with E-state index >= 15 is 0 Å². The second-order valence-electron chi connectivity index (χ2n) is 7.48. The van der Waals surface area contributed by atoms with Crippen LogP contribution in [0.2, 0.25) is 0 Å². The molecule has 38 heavy (non-hydrogen) atoms. The summed E-state index contributed by atoms with van der Waals surface area (Å²) in [6.45, 7) is 0. The first-order valence-corrected chi connectivity index (χ1v) is 11.1. The molecule has 1 amide bonds. The van der Waals surface area contributed by atoms with Gasteiger partial charge in [0, 0.05) is 5.56 Å². The fraction of sp³-hybridized carbons (Fsp3) is 0.222. The number of rotatable bonds is 11. The molecule has 0 saturated heterocycles. The number of benzene rings is 3. The average Bonchev–Trinajstić information content (AvgIpc) is 2.96. The van der Waals surface area contributed by atoms with Gasteiger partial charge in [-0.3, -0.25) is 4.79 Å². The van der Waals surface area contributed by atoms with Gasteiger partial charge in [0.05, 0.1) is 54.4 Å². The van der Waals surface area contributed by atoms with Crippen LogP contribution in [0, 0.1) is 0 Å². The van der Waals surface area contributed by atoms with E-state index in [1.807, 2.05) is 0 Å². The van der Waals surface area contributed by atoms with Gasteiger partial charge in [-0.15, -0.1) is 0 Å². The third kappa shape index (κ3) is 6.25. The third-order valence-corrected chi connectivity index (χ3v) is 5.32. The molecule has 3 aromatic carbocycles. The fourth-order valence-electron chi connectivity index (χ4n) is 3.41. The average molecular weight is 525 g/mol. The lowest BCUT2D eigenvalue weighted by Crippen LogP contribution is -2.18. The number of hydrogen-bond acceptors (Lipinski definition) is 10. The standard InChI is InChI=1S/C27H28N2O9/c1-32-19-10-8-17(12-22(19)34-3)27(31)38-20-9-7-16(11-21(20)33-2)15-28-29-26(30)18-13-23(35-4)25(37-6)24(14-18)36-5/h7-15H,1-6H3,(H,29,30)/b28-15-. The maximum atomic E-state index is 12.7. The Bertz CT molecular complexity index is 1310. The Labute approximate surface area is 219 Å². The van der Waals surface area contributed by atoms with Gasteiger partial charge in [-0.2, -0.15) is 5.10 Å². The summed E-state index contributed by atoms with van der Waals surface area (Å²) in [7, 11) is 8.81. The molecule has 0 fully saturated rings. The van der Waals surface area contributed by atoms with E-state index in [1.54, 1.807) is 30.3 Å². The number of nitrogens with zero attached hydrogens (tertiary/aromatic N) is 1. The minimum atomic E-state index is -0.608. The van der Waals surface area contributed by atoms with Gasteiger partial charge in [-0.25, -0.2) is 10.2 Å². The molecular formula is C27H28N2O9. The van der Waals surface area contributed by atoms with Crippen LogP contribution in [0.15, 0.2) is 53.6 Å². The zero-order valence-corrected chi connectivity index (χ0v) is 21.8. The van der Waals surface area contributed by atoms with Gasteiger partial charge in [0.1, 0.15) is 0 Å². The second kappa shape index (κ2) is 12.9. The summed E-state index contributed by atoms with van der Waals surface area (Å²) in [5, 5.41) is 3.99. The molecule has 3 aromatic rings. The van der Waals surface area contributed by atoms with Crippen LogP contribution in [-0.4, -0.2) is 60.7 Å². The molecular weight excluding hydrogens is 496 g/mol. The van der Waals surface area contributed by atoms with Crippen molar-refractivity contribution in [3.05, 3.63) is 65.2 Å². The number of ether oxygens (including phenoxy) is 7. The van der Waals surface area contributed by atoms with Crippen LogP contribution in [0.4, 0.5) is 0 Å². The lowest BCUT2D eigenvalue weighted by molar-refractivity contribution is 0.0729. The zero-order chi connectivity index (χ0) is 27.7. The first kappa shape index (κ1) is 27.7. The van der Waals surface area contributed by atoms with E-state index in [4.69, 9.17) is 33.2 Å². The number of methoxy groups -OCH3 is 6. The maximum Gasteiger partial charge on any atom is 0.343 e. The fourth-order valence-corrected chi connectivity index (χ4v) is 3.41. The highest BCUT2D eigenvalue weighted by molar-refractivity contribution is 5.96. The first-order valence-electron chi connectivity index (χ1n) is 11.1. The molecule has 0 spiro atoms. The van der Waals surface area contributed by atoms with Crippen LogP contribution in [-0.2, 0) is 0 Å². The van der Waals surface area contributed by atoms with Crippen molar-refractivity contribution in [3.8, 4) is 40.2 Å². The van der Waals surface area contributed by atoms with Gasteiger partial charge >= 0.3 is 5.97 Å². The van der Waals surface area contributed by atoms with Crippen LogP contribution in [0.3, 0.4) is 0 Å². The molecule has 0 bridgehead atoms. The van der Waals surface area contributed by atoms with Crippen LogP contribution < -0.4 is 38.6 Å². The molecule has 0 saturated carbocycles. The van der Waals surface area contributed by atoms with E-state index in [0.717, 1.165) is 0 Å². The Kier molecular flexibility index (Phi) is 9.36. The maximum absolute atomic E-state index is 12.7. The topological polar surface area (TPSA) is 123 Å². The Morgan fingerprint density at radius 1 is 0.632 bits per heavy atom. The number of carbonyl (C=O) groups is 2. The molecule has 11 heteroatoms. The largest absolute Gasteiger partial charge is 0.493 e. The highest BCUT2D eigenvalue weighted by atomic mass is 16.6. The van der Waals surface area contributed by atoms with Gasteiger partial charge in [-0.1, -0.05) is 0 Å². The predicted octanol–water partition coefficient (Wildman–Crippen LogP) is 3.72. The number of nitrogens with one attached hydrogen (secondary N) is 1. The van der Waals surface area contributed by atoms with Crippen LogP contribution >= 0.6 is 0 Å². The summed E-state index contributed by atoms with van der Waals surface area (Å²) in [5.41, 5.74) is 3.55. The molecule has 0 unspecified atom stereocenters. The van der Waals surface area contributed by atoms with E-state index in [9.17, 15) is 9.59 Å². The highest BCUT2D eigenvalue weighted by Gasteiger charge is 2.17. The predicted molar refractivity (Wildman–Crippen MR) is 139 cm³/mol. The summed E-state index contributed by atoms with van der Waals surface area (Å²) in [6, 6.07) is 12.5. The van der Waals surface area contributed by atoms with E-state index in [-0.39, 0.29) is 16.9 Å². The Hall–Kier alpha value is -4.93. The molecule has 3 rings (SSSR count). The molecule has 0 heterocycles. The van der Waals surface area contributed by atoms with Crippen LogP contribution in [0.5, 0.6) is 40.2 Å². The van der Waals surface area contributed by atoms with Crippen molar-refractivity contribution in [2.45, 2.75) is 0 Å². The zero-order valence-electron chi connectivity index (χ0n) is 21.8. The molecule has 0 aliphatic carbocycles. The smallest absolute Gasteiger partial charge is 0.343 e. The van der Waals surface area contributed by atoms with Crippen molar-refractivity contribution in [1.29, 1.82) is 0 Å². The van der Waals surface area contributed by atoms with Crippen LogP contribution in [0.25, 0.3) is 0 Å². The van der Waals surface area contributed by atoms with Gasteiger partial charge < -0.3 is 33.2 Å². The Morgan fingerprint density at radius 3 is 1.76 bits per heavy atom. The normalized spacial score (nSPS) is 10.5. The van der Waals surface area contributed by atoms with E-state index in [2.05, 4.69) is 10.5 Å². The number of hydrogen-bond donors (Lipinski definition) is 1. The summed E-state index contributed by atoms with van der Waals surface area (Å²) < 4.78 is 37.1. The van der Waals surface area contributed by atoms with E-state index < -0.39 is 11.9 Å². The van der Waals surface area contributed by atoms with Gasteiger partial charge in [0.25, 0.3) is 5.91 Å². The number of esters is 1. The van der Waals surface area contributed by atoms with Gasteiger partial charge in [0.2, 0.25) is 5.75 Å². The van der Waals surface area contributed by atoms with Crippen molar-refractivity contribution < 1.29 is 42.7 Å². The lowest BCUT2D eigenvalue weighted by Gasteiger charge is -2.13. The Balaban J connectivity index is 1.72. The molecule has 11 nitrogen and oxygen atoms in total. The molecule has 0 aromatic heterocycles. The van der Waals surface area contributed by atoms with Gasteiger partial charge in [-0.05, 0) is 54.1 Å². The first-order chi connectivity index (χ1) is 18.4. The second-order valence-corrected chi connectivity index (χ2v) is 7.48. The summed E-state index contributed by atoms with van der Waals surface area (Å²) in [5.74, 6) is 1.32. The third-order valence-electron chi connectivity index (χ3n) is 5.32. The monoisotopic (exact) mass is 524 g/mol. The summed E-state index contributed by atoms with van der Waals surface area (Å²) in [6.07, 6.45) is 1.42. The molecule has 1 N–H and O–H groups in total. The molecule has 0 atom stereocenters.